The van der Waals surface area contributed by atoms with Crippen molar-refractivity contribution in [3.63, 3.8) is 0 Å². The van der Waals surface area contributed by atoms with Crippen LogP contribution in [0.15, 0.2) is 53.4 Å². The van der Waals surface area contributed by atoms with Crippen molar-refractivity contribution in [2.24, 2.45) is 0 Å². The molecule has 19 heavy (non-hydrogen) atoms. The molecule has 0 aliphatic rings. The fourth-order valence-corrected chi connectivity index (χ4v) is 2.53. The summed E-state index contributed by atoms with van der Waals surface area (Å²) < 4.78 is 3.08. The van der Waals surface area contributed by atoms with Gasteiger partial charge >= 0.3 is 0 Å². The number of aliphatic hydroxyl groups is 1. The van der Waals surface area contributed by atoms with Crippen LogP contribution in [0.25, 0.3) is 11.1 Å². The molecule has 2 aromatic carbocycles. The molecule has 3 heteroatoms. The normalized spacial score (nSPS) is 11.6. The molecular formula is C16H19NOS. The van der Waals surface area contributed by atoms with E-state index >= 15 is 0 Å². The highest BCUT2D eigenvalue weighted by atomic mass is 32.2. The van der Waals surface area contributed by atoms with Gasteiger partial charge in [-0.15, -0.1) is 0 Å². The summed E-state index contributed by atoms with van der Waals surface area (Å²) in [5, 5.41) is 10.2. The minimum Gasteiger partial charge on any atom is -0.386 e. The molecule has 0 aromatic heterocycles. The van der Waals surface area contributed by atoms with Gasteiger partial charge in [0.25, 0.3) is 0 Å². The molecule has 0 heterocycles. The van der Waals surface area contributed by atoms with Gasteiger partial charge in [0.1, 0.15) is 0 Å². The molecule has 0 aliphatic carbocycles. The summed E-state index contributed by atoms with van der Waals surface area (Å²) in [5.41, 5.74) is 2.37. The first-order valence-electron chi connectivity index (χ1n) is 6.27. The quantitative estimate of drug-likeness (QED) is 0.831. The molecule has 2 N–H and O–H groups in total. The van der Waals surface area contributed by atoms with Crippen LogP contribution in [0.4, 0.5) is 0 Å². The smallest absolute Gasteiger partial charge is 0.0841 e. The fourth-order valence-electron chi connectivity index (χ4n) is 1.93. The van der Waals surface area contributed by atoms with Gasteiger partial charge in [0, 0.05) is 4.90 Å². The maximum Gasteiger partial charge on any atom is 0.0841 e. The zero-order valence-electron chi connectivity index (χ0n) is 11.5. The van der Waals surface area contributed by atoms with Gasteiger partial charge < -0.3 is 5.11 Å². The monoisotopic (exact) mass is 273 g/mol. The van der Waals surface area contributed by atoms with Crippen LogP contribution < -0.4 is 4.72 Å². The van der Waals surface area contributed by atoms with Crippen LogP contribution >= 0.6 is 11.9 Å². The lowest BCUT2D eigenvalue weighted by molar-refractivity contribution is 0.0784. The van der Waals surface area contributed by atoms with Crippen molar-refractivity contribution in [1.82, 2.24) is 4.72 Å². The first-order chi connectivity index (χ1) is 9.00. The Bertz CT molecular complexity index is 546. The Hall–Kier alpha value is -1.29. The molecule has 0 saturated heterocycles. The third-order valence-electron chi connectivity index (χ3n) is 2.94. The zero-order valence-corrected chi connectivity index (χ0v) is 12.3. The van der Waals surface area contributed by atoms with E-state index in [-0.39, 0.29) is 0 Å². The van der Waals surface area contributed by atoms with E-state index in [1.807, 2.05) is 45.2 Å². The average Bonchev–Trinajstić information content (AvgIpc) is 2.39. The van der Waals surface area contributed by atoms with Gasteiger partial charge in [0.2, 0.25) is 0 Å². The summed E-state index contributed by atoms with van der Waals surface area (Å²) in [6.45, 7) is 3.62. The van der Waals surface area contributed by atoms with Crippen molar-refractivity contribution in [2.45, 2.75) is 24.3 Å². The molecule has 0 radical (unpaired) electrons. The second kappa shape index (κ2) is 5.78. The van der Waals surface area contributed by atoms with Gasteiger partial charge in [0.15, 0.2) is 0 Å². The molecule has 0 amide bonds. The summed E-state index contributed by atoms with van der Waals surface area (Å²) in [7, 11) is 1.89. The number of hydrogen-bond donors (Lipinski definition) is 2. The summed E-state index contributed by atoms with van der Waals surface area (Å²) in [5.74, 6) is 0. The van der Waals surface area contributed by atoms with Crippen molar-refractivity contribution >= 4 is 11.9 Å². The molecule has 2 nitrogen and oxygen atoms in total. The van der Waals surface area contributed by atoms with E-state index in [0.717, 1.165) is 21.6 Å². The predicted octanol–water partition coefficient (Wildman–Crippen LogP) is 3.81. The van der Waals surface area contributed by atoms with Gasteiger partial charge in [-0.1, -0.05) is 30.3 Å². The summed E-state index contributed by atoms with van der Waals surface area (Å²) >= 11 is 1.55. The van der Waals surface area contributed by atoms with Gasteiger partial charge in [-0.3, -0.25) is 4.72 Å². The SMILES string of the molecule is CNSc1cc(-c2ccccc2)cc(C(C)(C)O)c1. The predicted molar refractivity (Wildman–Crippen MR) is 82.0 cm³/mol. The molecule has 0 atom stereocenters. The third-order valence-corrected chi connectivity index (χ3v) is 3.62. The molecule has 2 rings (SSSR count). The van der Waals surface area contributed by atoms with Gasteiger partial charge in [-0.05, 0) is 67.7 Å². The highest BCUT2D eigenvalue weighted by Crippen LogP contribution is 2.31. The van der Waals surface area contributed by atoms with Gasteiger partial charge in [-0.25, -0.2) is 0 Å². The topological polar surface area (TPSA) is 32.3 Å². The molecule has 0 spiro atoms. The zero-order chi connectivity index (χ0) is 13.9. The van der Waals surface area contributed by atoms with Crippen molar-refractivity contribution in [3.8, 4) is 11.1 Å². The van der Waals surface area contributed by atoms with E-state index in [4.69, 9.17) is 0 Å². The average molecular weight is 273 g/mol. The molecular weight excluding hydrogens is 254 g/mol. The largest absolute Gasteiger partial charge is 0.386 e. The van der Waals surface area contributed by atoms with Crippen molar-refractivity contribution in [1.29, 1.82) is 0 Å². The highest BCUT2D eigenvalue weighted by molar-refractivity contribution is 7.97. The second-order valence-electron chi connectivity index (χ2n) is 4.98. The van der Waals surface area contributed by atoms with Crippen LogP contribution in [0, 0.1) is 0 Å². The van der Waals surface area contributed by atoms with Crippen molar-refractivity contribution < 1.29 is 5.11 Å². The Balaban J connectivity index is 2.52. The number of hydrogen-bond acceptors (Lipinski definition) is 3. The Morgan fingerprint density at radius 3 is 2.26 bits per heavy atom. The fraction of sp³-hybridized carbons (Fsp3) is 0.250. The molecule has 0 bridgehead atoms. The number of nitrogens with one attached hydrogen (secondary N) is 1. The first kappa shape index (κ1) is 14.1. The minimum absolute atomic E-state index is 0.839. The van der Waals surface area contributed by atoms with Gasteiger partial charge in [0.05, 0.1) is 5.60 Å². The lowest BCUT2D eigenvalue weighted by Gasteiger charge is -2.20. The lowest BCUT2D eigenvalue weighted by Crippen LogP contribution is -2.15. The van der Waals surface area contributed by atoms with Crippen molar-refractivity contribution in [2.75, 3.05) is 7.05 Å². The molecule has 100 valence electrons. The van der Waals surface area contributed by atoms with E-state index in [0.29, 0.717) is 0 Å². The lowest BCUT2D eigenvalue weighted by atomic mass is 9.94. The number of benzene rings is 2. The standard InChI is InChI=1S/C16H19NOS/c1-16(2,18)14-9-13(10-15(11-14)19-17-3)12-7-5-4-6-8-12/h4-11,17-18H,1-3H3. The summed E-state index contributed by atoms with van der Waals surface area (Å²) in [6, 6.07) is 16.4. The first-order valence-corrected chi connectivity index (χ1v) is 7.09. The molecule has 2 aromatic rings. The minimum atomic E-state index is -0.839. The van der Waals surface area contributed by atoms with Crippen LogP contribution in [0.1, 0.15) is 19.4 Å². The van der Waals surface area contributed by atoms with Crippen LogP contribution in [0.3, 0.4) is 0 Å². The maximum absolute atomic E-state index is 10.2. The van der Waals surface area contributed by atoms with E-state index in [2.05, 4.69) is 29.0 Å². The molecule has 0 unspecified atom stereocenters. The Morgan fingerprint density at radius 1 is 1.00 bits per heavy atom. The van der Waals surface area contributed by atoms with Crippen LogP contribution in [0.2, 0.25) is 0 Å². The Labute approximate surface area is 119 Å². The second-order valence-corrected chi connectivity index (χ2v) is 6.06. The Kier molecular flexibility index (Phi) is 4.30. The molecule has 0 fully saturated rings. The number of rotatable bonds is 4. The highest BCUT2D eigenvalue weighted by Gasteiger charge is 2.17. The van der Waals surface area contributed by atoms with Crippen LogP contribution in [-0.2, 0) is 5.60 Å². The van der Waals surface area contributed by atoms with E-state index in [1.54, 1.807) is 11.9 Å². The Morgan fingerprint density at radius 2 is 1.68 bits per heavy atom. The van der Waals surface area contributed by atoms with Crippen LogP contribution in [-0.4, -0.2) is 12.2 Å². The van der Waals surface area contributed by atoms with E-state index in [1.165, 1.54) is 0 Å². The third kappa shape index (κ3) is 3.60. The van der Waals surface area contributed by atoms with E-state index in [9.17, 15) is 5.11 Å². The van der Waals surface area contributed by atoms with E-state index < -0.39 is 5.60 Å². The summed E-state index contributed by atoms with van der Waals surface area (Å²) in [4.78, 5) is 1.10. The van der Waals surface area contributed by atoms with Crippen LogP contribution in [0.5, 0.6) is 0 Å². The maximum atomic E-state index is 10.2. The molecule has 0 saturated carbocycles. The van der Waals surface area contributed by atoms with Gasteiger partial charge in [-0.2, -0.15) is 0 Å². The van der Waals surface area contributed by atoms with Crippen molar-refractivity contribution in [3.05, 3.63) is 54.1 Å². The summed E-state index contributed by atoms with van der Waals surface area (Å²) in [6.07, 6.45) is 0. The molecule has 0 aliphatic heterocycles.